The Bertz CT molecular complexity index is 453. The monoisotopic (exact) mass is 268 g/mol. The predicted molar refractivity (Wildman–Crippen MR) is 72.0 cm³/mol. The van der Waals surface area contributed by atoms with E-state index in [-0.39, 0.29) is 11.4 Å². The van der Waals surface area contributed by atoms with Gasteiger partial charge in [-0.25, -0.2) is 0 Å². The number of nitro benzene ring substituents is 1. The fraction of sp³-hybridized carbons (Fsp3) is 0.500. The van der Waals surface area contributed by atoms with Crippen molar-refractivity contribution in [2.45, 2.75) is 18.7 Å². The van der Waals surface area contributed by atoms with Crippen molar-refractivity contribution in [2.24, 2.45) is 0 Å². The molecule has 2 rings (SSSR count). The molecule has 1 fully saturated rings. The first-order chi connectivity index (χ1) is 8.56. The highest BCUT2D eigenvalue weighted by Gasteiger charge is 2.19. The summed E-state index contributed by atoms with van der Waals surface area (Å²) in [5.74, 6) is 1.20. The summed E-state index contributed by atoms with van der Waals surface area (Å²) in [6, 6.07) is 4.19. The van der Waals surface area contributed by atoms with Gasteiger partial charge < -0.3 is 5.11 Å². The van der Waals surface area contributed by atoms with Gasteiger partial charge in [-0.2, -0.15) is 11.8 Å². The van der Waals surface area contributed by atoms with Gasteiger partial charge in [-0.05, 0) is 6.07 Å². The molecule has 0 radical (unpaired) electrons. The van der Waals surface area contributed by atoms with Crippen LogP contribution in [0.1, 0.15) is 12.5 Å². The van der Waals surface area contributed by atoms with Gasteiger partial charge in [-0.15, -0.1) is 0 Å². The number of hydrogen-bond donors (Lipinski definition) is 1. The van der Waals surface area contributed by atoms with Gasteiger partial charge in [0.2, 0.25) is 0 Å². The molecule has 1 aromatic carbocycles. The van der Waals surface area contributed by atoms with Crippen molar-refractivity contribution in [1.29, 1.82) is 0 Å². The van der Waals surface area contributed by atoms with Gasteiger partial charge in [-0.3, -0.25) is 15.0 Å². The van der Waals surface area contributed by atoms with Gasteiger partial charge in [0.25, 0.3) is 5.69 Å². The first-order valence-electron chi connectivity index (χ1n) is 5.86. The second-order valence-corrected chi connectivity index (χ2v) is 6.03. The maximum Gasteiger partial charge on any atom is 0.270 e. The van der Waals surface area contributed by atoms with E-state index >= 15 is 0 Å². The molecule has 1 aromatic rings. The number of thioether (sulfide) groups is 1. The van der Waals surface area contributed by atoms with Crippen LogP contribution in [0.2, 0.25) is 0 Å². The SMILES string of the molecule is CC1CN(Cc2cc([N+](=O)[O-])ccc2O)CCS1. The second-order valence-electron chi connectivity index (χ2n) is 4.49. The topological polar surface area (TPSA) is 66.6 Å². The Morgan fingerprint density at radius 3 is 3.06 bits per heavy atom. The van der Waals surface area contributed by atoms with Gasteiger partial charge in [0.15, 0.2) is 0 Å². The van der Waals surface area contributed by atoms with Crippen molar-refractivity contribution >= 4 is 17.4 Å². The highest BCUT2D eigenvalue weighted by atomic mass is 32.2. The number of nitro groups is 1. The molecule has 0 saturated carbocycles. The number of hydrogen-bond acceptors (Lipinski definition) is 5. The van der Waals surface area contributed by atoms with E-state index in [2.05, 4.69) is 11.8 Å². The standard InChI is InChI=1S/C12H16N2O3S/c1-9-7-13(4-5-18-9)8-10-6-11(14(16)17)2-3-12(10)15/h2-3,6,9,15H,4-5,7-8H2,1H3. The van der Waals surface area contributed by atoms with Crippen LogP contribution in [-0.4, -0.2) is 39.0 Å². The maximum atomic E-state index is 10.7. The molecule has 0 aromatic heterocycles. The number of phenolic OH excluding ortho intramolecular Hbond substituents is 1. The third kappa shape index (κ3) is 3.14. The molecule has 6 heteroatoms. The Hall–Kier alpha value is -1.27. The van der Waals surface area contributed by atoms with E-state index in [0.29, 0.717) is 17.4 Å². The quantitative estimate of drug-likeness (QED) is 0.672. The Labute approximate surface area is 110 Å². The molecule has 1 saturated heterocycles. The second kappa shape index (κ2) is 5.58. The summed E-state index contributed by atoms with van der Waals surface area (Å²) in [4.78, 5) is 12.5. The first-order valence-corrected chi connectivity index (χ1v) is 6.91. The molecule has 1 N–H and O–H groups in total. The van der Waals surface area contributed by atoms with E-state index in [0.717, 1.165) is 18.8 Å². The molecule has 0 bridgehead atoms. The van der Waals surface area contributed by atoms with E-state index in [1.807, 2.05) is 11.8 Å². The molecular weight excluding hydrogens is 252 g/mol. The molecule has 18 heavy (non-hydrogen) atoms. The van der Waals surface area contributed by atoms with Crippen LogP contribution in [0.5, 0.6) is 5.75 Å². The molecule has 0 amide bonds. The third-order valence-electron chi connectivity index (χ3n) is 2.99. The average Bonchev–Trinajstić information content (AvgIpc) is 2.31. The summed E-state index contributed by atoms with van der Waals surface area (Å²) in [7, 11) is 0. The number of non-ortho nitro benzene ring substituents is 1. The average molecular weight is 268 g/mol. The van der Waals surface area contributed by atoms with E-state index in [9.17, 15) is 15.2 Å². The van der Waals surface area contributed by atoms with Crippen LogP contribution < -0.4 is 0 Å². The molecule has 1 aliphatic rings. The third-order valence-corrected chi connectivity index (χ3v) is 4.13. The molecule has 1 heterocycles. The fourth-order valence-corrected chi connectivity index (χ4v) is 3.17. The minimum absolute atomic E-state index is 0.0298. The van der Waals surface area contributed by atoms with E-state index in [4.69, 9.17) is 0 Å². The van der Waals surface area contributed by atoms with Crippen molar-refractivity contribution < 1.29 is 10.0 Å². The molecule has 1 unspecified atom stereocenters. The smallest absolute Gasteiger partial charge is 0.270 e. The molecule has 0 aliphatic carbocycles. The maximum absolute atomic E-state index is 10.7. The van der Waals surface area contributed by atoms with Crippen LogP contribution in [0.4, 0.5) is 5.69 Å². The van der Waals surface area contributed by atoms with E-state index < -0.39 is 4.92 Å². The highest BCUT2D eigenvalue weighted by Crippen LogP contribution is 2.26. The summed E-state index contributed by atoms with van der Waals surface area (Å²) in [5.41, 5.74) is 0.658. The molecule has 98 valence electrons. The van der Waals surface area contributed by atoms with Crippen molar-refractivity contribution in [3.63, 3.8) is 0 Å². The Kier molecular flexibility index (Phi) is 4.08. The first kappa shape index (κ1) is 13.2. The normalized spacial score (nSPS) is 20.8. The summed E-state index contributed by atoms with van der Waals surface area (Å²) < 4.78 is 0. The summed E-state index contributed by atoms with van der Waals surface area (Å²) in [6.45, 7) is 4.65. The van der Waals surface area contributed by atoms with Crippen molar-refractivity contribution in [3.05, 3.63) is 33.9 Å². The molecule has 0 spiro atoms. The van der Waals surface area contributed by atoms with E-state index in [1.165, 1.54) is 18.2 Å². The summed E-state index contributed by atoms with van der Waals surface area (Å²) in [5, 5.41) is 21.0. The zero-order chi connectivity index (χ0) is 13.1. The van der Waals surface area contributed by atoms with Gasteiger partial charge in [-0.1, -0.05) is 6.92 Å². The van der Waals surface area contributed by atoms with Crippen molar-refractivity contribution in [1.82, 2.24) is 4.90 Å². The van der Waals surface area contributed by atoms with Crippen LogP contribution in [0.15, 0.2) is 18.2 Å². The van der Waals surface area contributed by atoms with Gasteiger partial charge >= 0.3 is 0 Å². The zero-order valence-electron chi connectivity index (χ0n) is 10.2. The van der Waals surface area contributed by atoms with Crippen LogP contribution in [0, 0.1) is 10.1 Å². The summed E-state index contributed by atoms with van der Waals surface area (Å²) >= 11 is 1.93. The molecule has 1 atom stereocenters. The van der Waals surface area contributed by atoms with Crippen molar-refractivity contribution in [3.8, 4) is 5.75 Å². The van der Waals surface area contributed by atoms with Gasteiger partial charge in [0.05, 0.1) is 4.92 Å². The predicted octanol–water partition coefficient (Wildman–Crippen LogP) is 2.24. The Morgan fingerprint density at radius 1 is 1.61 bits per heavy atom. The van der Waals surface area contributed by atoms with Crippen molar-refractivity contribution in [2.75, 3.05) is 18.8 Å². The Balaban J connectivity index is 2.12. The lowest BCUT2D eigenvalue weighted by atomic mass is 10.1. The minimum atomic E-state index is -0.433. The van der Waals surface area contributed by atoms with Gasteiger partial charge in [0, 0.05) is 48.3 Å². The van der Waals surface area contributed by atoms with Crippen LogP contribution in [-0.2, 0) is 6.54 Å². The fourth-order valence-electron chi connectivity index (χ4n) is 2.09. The number of rotatable bonds is 3. The minimum Gasteiger partial charge on any atom is -0.508 e. The van der Waals surface area contributed by atoms with Crippen LogP contribution in [0.25, 0.3) is 0 Å². The van der Waals surface area contributed by atoms with Crippen LogP contribution in [0.3, 0.4) is 0 Å². The van der Waals surface area contributed by atoms with E-state index in [1.54, 1.807) is 0 Å². The van der Waals surface area contributed by atoms with Gasteiger partial charge in [0.1, 0.15) is 5.75 Å². The Morgan fingerprint density at radius 2 is 2.39 bits per heavy atom. The number of benzene rings is 1. The highest BCUT2D eigenvalue weighted by molar-refractivity contribution is 7.99. The lowest BCUT2D eigenvalue weighted by Gasteiger charge is -2.30. The molecule has 5 nitrogen and oxygen atoms in total. The number of phenols is 1. The van der Waals surface area contributed by atoms with Crippen LogP contribution >= 0.6 is 11.8 Å². The zero-order valence-corrected chi connectivity index (χ0v) is 11.0. The summed E-state index contributed by atoms with van der Waals surface area (Å²) in [6.07, 6.45) is 0. The number of aromatic hydroxyl groups is 1. The molecular formula is C12H16N2O3S. The largest absolute Gasteiger partial charge is 0.508 e. The lowest BCUT2D eigenvalue weighted by molar-refractivity contribution is -0.385. The number of nitrogens with zero attached hydrogens (tertiary/aromatic N) is 2. The molecule has 1 aliphatic heterocycles. The lowest BCUT2D eigenvalue weighted by Crippen LogP contribution is -2.36.